The molecule has 1 aromatic carbocycles. The summed E-state index contributed by atoms with van der Waals surface area (Å²) in [4.78, 5) is 0.270. The highest BCUT2D eigenvalue weighted by Gasteiger charge is 2.40. The van der Waals surface area contributed by atoms with Gasteiger partial charge in [0.15, 0.2) is 0 Å². The van der Waals surface area contributed by atoms with Crippen LogP contribution in [0.25, 0.3) is 0 Å². The molecule has 1 aliphatic rings. The Morgan fingerprint density at radius 2 is 1.91 bits per heavy atom. The first-order valence-electron chi connectivity index (χ1n) is 7.50. The van der Waals surface area contributed by atoms with Crippen molar-refractivity contribution in [3.05, 3.63) is 23.3 Å². The number of aryl methyl sites for hydroxylation is 2. The number of benzene rings is 1. The predicted octanol–water partition coefficient (Wildman–Crippen LogP) is 2.48. The zero-order valence-corrected chi connectivity index (χ0v) is 16.1. The maximum Gasteiger partial charge on any atom is 0.247 e. The van der Waals surface area contributed by atoms with Crippen LogP contribution in [0.1, 0.15) is 31.4 Å². The topological polar surface area (TPSA) is 72.6 Å². The lowest BCUT2D eigenvalue weighted by Crippen LogP contribution is -2.53. The van der Waals surface area contributed by atoms with Crippen LogP contribution in [0.5, 0.6) is 5.75 Å². The Morgan fingerprint density at radius 1 is 1.30 bits per heavy atom. The highest BCUT2D eigenvalue weighted by Crippen LogP contribution is 2.36. The van der Waals surface area contributed by atoms with Crippen LogP contribution in [0.2, 0.25) is 0 Å². The molecule has 1 aliphatic heterocycles. The van der Waals surface area contributed by atoms with E-state index in [0.717, 1.165) is 5.56 Å². The van der Waals surface area contributed by atoms with Crippen LogP contribution in [-0.4, -0.2) is 39.0 Å². The second kappa shape index (κ2) is 6.97. The first-order valence-corrected chi connectivity index (χ1v) is 8.94. The highest BCUT2D eigenvalue weighted by atomic mass is 35.5. The van der Waals surface area contributed by atoms with Crippen LogP contribution in [0.4, 0.5) is 0 Å². The molecule has 0 amide bonds. The van der Waals surface area contributed by atoms with E-state index in [1.54, 1.807) is 6.07 Å². The monoisotopic (exact) mass is 362 g/mol. The van der Waals surface area contributed by atoms with Crippen LogP contribution < -0.4 is 10.5 Å². The maximum absolute atomic E-state index is 13.1. The number of hydrogen-bond donors (Lipinski definition) is 1. The molecule has 1 aromatic rings. The van der Waals surface area contributed by atoms with Crippen LogP contribution in [-0.2, 0) is 10.0 Å². The molecule has 0 aromatic heterocycles. The first-order chi connectivity index (χ1) is 10.1. The first kappa shape index (κ1) is 20.2. The molecule has 1 atom stereocenters. The van der Waals surface area contributed by atoms with Gasteiger partial charge in [-0.15, -0.1) is 12.4 Å². The summed E-state index contributed by atoms with van der Waals surface area (Å²) < 4.78 is 33.1. The number of halogens is 1. The van der Waals surface area contributed by atoms with Crippen molar-refractivity contribution >= 4 is 22.4 Å². The summed E-state index contributed by atoms with van der Waals surface area (Å²) in [5.41, 5.74) is 7.57. The molecular weight excluding hydrogens is 336 g/mol. The molecule has 1 saturated heterocycles. The Hall–Kier alpha value is -0.820. The summed E-state index contributed by atoms with van der Waals surface area (Å²) in [6, 6.07) is 3.65. The van der Waals surface area contributed by atoms with E-state index < -0.39 is 10.0 Å². The lowest BCUT2D eigenvalue weighted by Gasteiger charge is -2.42. The van der Waals surface area contributed by atoms with Crippen LogP contribution in [0.15, 0.2) is 17.0 Å². The van der Waals surface area contributed by atoms with E-state index in [0.29, 0.717) is 30.8 Å². The molecule has 1 fully saturated rings. The minimum absolute atomic E-state index is 0. The number of nitrogens with zero attached hydrogens (tertiary/aromatic N) is 1. The molecule has 2 rings (SSSR count). The third-order valence-electron chi connectivity index (χ3n) is 4.48. The van der Waals surface area contributed by atoms with Crippen molar-refractivity contribution in [3.63, 3.8) is 0 Å². The molecule has 23 heavy (non-hydrogen) atoms. The van der Waals surface area contributed by atoms with Gasteiger partial charge in [0.25, 0.3) is 0 Å². The van der Waals surface area contributed by atoms with Gasteiger partial charge in [0.1, 0.15) is 10.6 Å². The number of nitrogens with two attached hydrogens (primary N) is 1. The summed E-state index contributed by atoms with van der Waals surface area (Å²) in [6.45, 7) is 8.63. The van der Waals surface area contributed by atoms with Gasteiger partial charge in [0.05, 0.1) is 7.11 Å². The second-order valence-electron chi connectivity index (χ2n) is 6.84. The maximum atomic E-state index is 13.1. The molecule has 5 nitrogen and oxygen atoms in total. The van der Waals surface area contributed by atoms with E-state index >= 15 is 0 Å². The Bertz CT molecular complexity index is 674. The minimum Gasteiger partial charge on any atom is -0.495 e. The van der Waals surface area contributed by atoms with Crippen LogP contribution in [0.3, 0.4) is 0 Å². The quantitative estimate of drug-likeness (QED) is 0.896. The Balaban J connectivity index is 0.00000264. The SMILES string of the molecule is COc1cc(C)cc(C)c1S(=O)(=O)N1CCC(N)C(C)(C)C1.Cl. The van der Waals surface area contributed by atoms with E-state index in [4.69, 9.17) is 10.5 Å². The van der Waals surface area contributed by atoms with E-state index in [9.17, 15) is 8.42 Å². The predicted molar refractivity (Wildman–Crippen MR) is 94.8 cm³/mol. The number of rotatable bonds is 3. The summed E-state index contributed by atoms with van der Waals surface area (Å²) in [6.07, 6.45) is 0.666. The largest absolute Gasteiger partial charge is 0.495 e. The molecule has 1 unspecified atom stereocenters. The molecule has 0 spiro atoms. The minimum atomic E-state index is -3.59. The molecule has 0 saturated carbocycles. The fraction of sp³-hybridized carbons (Fsp3) is 0.625. The Kier molecular flexibility index (Phi) is 6.13. The van der Waals surface area contributed by atoms with Crippen molar-refractivity contribution in [2.75, 3.05) is 20.2 Å². The summed E-state index contributed by atoms with van der Waals surface area (Å²) in [7, 11) is -2.09. The lowest BCUT2D eigenvalue weighted by molar-refractivity contribution is 0.155. The number of sulfonamides is 1. The standard InChI is InChI=1S/C16H26N2O3S.ClH/c1-11-8-12(2)15(13(9-11)21-5)22(19,20)18-7-6-14(17)16(3,4)10-18;/h8-9,14H,6-7,10,17H2,1-5H3;1H. The molecule has 2 N–H and O–H groups in total. The van der Waals surface area contributed by atoms with Gasteiger partial charge < -0.3 is 10.5 Å². The van der Waals surface area contributed by atoms with Gasteiger partial charge >= 0.3 is 0 Å². The van der Waals surface area contributed by atoms with Crippen molar-refractivity contribution in [1.29, 1.82) is 0 Å². The van der Waals surface area contributed by atoms with Gasteiger partial charge in [-0.1, -0.05) is 19.9 Å². The normalized spacial score (nSPS) is 21.6. The van der Waals surface area contributed by atoms with Crippen molar-refractivity contribution in [1.82, 2.24) is 4.31 Å². The average Bonchev–Trinajstić information content (AvgIpc) is 2.40. The average molecular weight is 363 g/mol. The van der Waals surface area contributed by atoms with Gasteiger partial charge in [-0.05, 0) is 42.9 Å². The van der Waals surface area contributed by atoms with E-state index in [2.05, 4.69) is 0 Å². The molecule has 0 aliphatic carbocycles. The zero-order chi connectivity index (χ0) is 16.7. The fourth-order valence-electron chi connectivity index (χ4n) is 3.06. The van der Waals surface area contributed by atoms with Gasteiger partial charge in [0, 0.05) is 19.1 Å². The third kappa shape index (κ3) is 3.82. The van der Waals surface area contributed by atoms with Gasteiger partial charge in [-0.3, -0.25) is 0 Å². The molecule has 7 heteroatoms. The molecule has 0 radical (unpaired) electrons. The van der Waals surface area contributed by atoms with Crippen LogP contribution in [0, 0.1) is 19.3 Å². The highest BCUT2D eigenvalue weighted by molar-refractivity contribution is 7.89. The second-order valence-corrected chi connectivity index (χ2v) is 8.71. The number of hydrogen-bond acceptors (Lipinski definition) is 4. The summed E-state index contributed by atoms with van der Waals surface area (Å²) >= 11 is 0. The number of methoxy groups -OCH3 is 1. The Labute approximate surface area is 145 Å². The third-order valence-corrected chi connectivity index (χ3v) is 6.51. The zero-order valence-electron chi connectivity index (χ0n) is 14.4. The van der Waals surface area contributed by atoms with Gasteiger partial charge in [-0.2, -0.15) is 4.31 Å². The van der Waals surface area contributed by atoms with Crippen molar-refractivity contribution in [2.24, 2.45) is 11.1 Å². The lowest BCUT2D eigenvalue weighted by atomic mass is 9.81. The van der Waals surface area contributed by atoms with Gasteiger partial charge in [0.2, 0.25) is 10.0 Å². The van der Waals surface area contributed by atoms with Gasteiger partial charge in [-0.25, -0.2) is 8.42 Å². The molecule has 1 heterocycles. The Morgan fingerprint density at radius 3 is 2.43 bits per heavy atom. The van der Waals surface area contributed by atoms with E-state index in [1.807, 2.05) is 33.8 Å². The van der Waals surface area contributed by atoms with Crippen LogP contribution >= 0.6 is 12.4 Å². The molecule has 0 bridgehead atoms. The van der Waals surface area contributed by atoms with E-state index in [1.165, 1.54) is 11.4 Å². The molecular formula is C16H27ClN2O3S. The van der Waals surface area contributed by atoms with Crippen molar-refractivity contribution in [3.8, 4) is 5.75 Å². The smallest absolute Gasteiger partial charge is 0.247 e. The molecule has 132 valence electrons. The summed E-state index contributed by atoms with van der Waals surface area (Å²) in [5, 5.41) is 0. The van der Waals surface area contributed by atoms with Crippen molar-refractivity contribution in [2.45, 2.75) is 45.1 Å². The summed E-state index contributed by atoms with van der Waals surface area (Å²) in [5.74, 6) is 0.408. The number of piperidine rings is 1. The van der Waals surface area contributed by atoms with Crippen molar-refractivity contribution < 1.29 is 13.2 Å². The number of ether oxygens (including phenoxy) is 1. The van der Waals surface area contributed by atoms with E-state index in [-0.39, 0.29) is 28.8 Å². The fourth-order valence-corrected chi connectivity index (χ4v) is 5.03.